The third-order valence-electron chi connectivity index (χ3n) is 3.96. The standard InChI is InChI=1S/C18H23N5O3/c1-18(2,21-17(24)25)10-15-16(12-6-4-5-7-13(12)20)14(11-19)22-23(15)8-9-26-3/h4-7,21H,8-10,20H2,1-3H3,(H,24,25). The van der Waals surface area contributed by atoms with Gasteiger partial charge in [0.2, 0.25) is 0 Å². The molecule has 4 N–H and O–H groups in total. The number of ether oxygens (including phenoxy) is 1. The molecule has 1 aromatic carbocycles. The highest BCUT2D eigenvalue weighted by Gasteiger charge is 2.28. The van der Waals surface area contributed by atoms with Crippen molar-refractivity contribution in [3.8, 4) is 17.2 Å². The number of carbonyl (C=O) groups is 1. The van der Waals surface area contributed by atoms with Gasteiger partial charge < -0.3 is 20.9 Å². The van der Waals surface area contributed by atoms with Crippen LogP contribution < -0.4 is 11.1 Å². The number of hydrogen-bond donors (Lipinski definition) is 3. The maximum Gasteiger partial charge on any atom is 0.405 e. The lowest BCUT2D eigenvalue weighted by molar-refractivity contribution is 0.177. The van der Waals surface area contributed by atoms with E-state index >= 15 is 0 Å². The lowest BCUT2D eigenvalue weighted by Crippen LogP contribution is -2.45. The summed E-state index contributed by atoms with van der Waals surface area (Å²) >= 11 is 0. The molecule has 0 spiro atoms. The van der Waals surface area contributed by atoms with Gasteiger partial charge >= 0.3 is 6.09 Å². The highest BCUT2D eigenvalue weighted by molar-refractivity contribution is 5.81. The van der Waals surface area contributed by atoms with Gasteiger partial charge in [-0.3, -0.25) is 4.68 Å². The minimum absolute atomic E-state index is 0.250. The zero-order chi connectivity index (χ0) is 19.3. The van der Waals surface area contributed by atoms with Gasteiger partial charge in [-0.05, 0) is 19.9 Å². The fourth-order valence-corrected chi connectivity index (χ4v) is 2.88. The fraction of sp³-hybridized carbons (Fsp3) is 0.389. The number of carboxylic acid groups (broad SMARTS) is 1. The van der Waals surface area contributed by atoms with Crippen molar-refractivity contribution in [3.05, 3.63) is 35.7 Å². The zero-order valence-electron chi connectivity index (χ0n) is 15.1. The van der Waals surface area contributed by atoms with Crippen LogP contribution >= 0.6 is 0 Å². The Hall–Kier alpha value is -3.05. The number of rotatable bonds is 7. The van der Waals surface area contributed by atoms with Gasteiger partial charge in [0.25, 0.3) is 0 Å². The van der Waals surface area contributed by atoms with Gasteiger partial charge in [0, 0.05) is 35.9 Å². The van der Waals surface area contributed by atoms with E-state index in [2.05, 4.69) is 16.5 Å². The summed E-state index contributed by atoms with van der Waals surface area (Å²) in [6.07, 6.45) is -0.777. The molecular formula is C18H23N5O3. The molecule has 0 aliphatic rings. The number of para-hydroxylation sites is 1. The van der Waals surface area contributed by atoms with Crippen LogP contribution in [0.4, 0.5) is 10.5 Å². The van der Waals surface area contributed by atoms with E-state index in [0.717, 1.165) is 5.69 Å². The molecule has 0 saturated carbocycles. The van der Waals surface area contributed by atoms with Crippen LogP contribution in [0.3, 0.4) is 0 Å². The van der Waals surface area contributed by atoms with Gasteiger partial charge in [0.1, 0.15) is 6.07 Å². The van der Waals surface area contributed by atoms with Gasteiger partial charge in [-0.1, -0.05) is 18.2 Å². The highest BCUT2D eigenvalue weighted by atomic mass is 16.5. The van der Waals surface area contributed by atoms with Crippen molar-refractivity contribution >= 4 is 11.8 Å². The van der Waals surface area contributed by atoms with Gasteiger partial charge in [-0.25, -0.2) is 4.79 Å². The summed E-state index contributed by atoms with van der Waals surface area (Å²) in [7, 11) is 1.58. The van der Waals surface area contributed by atoms with Crippen LogP contribution in [0.5, 0.6) is 0 Å². The summed E-state index contributed by atoms with van der Waals surface area (Å²) in [6.45, 7) is 4.41. The molecule has 0 fully saturated rings. The Labute approximate surface area is 152 Å². The Morgan fingerprint density at radius 1 is 1.46 bits per heavy atom. The van der Waals surface area contributed by atoms with Gasteiger partial charge in [-0.15, -0.1) is 0 Å². The molecule has 0 aliphatic carbocycles. The van der Waals surface area contributed by atoms with E-state index in [-0.39, 0.29) is 5.69 Å². The first kappa shape index (κ1) is 19.3. The second-order valence-corrected chi connectivity index (χ2v) is 6.58. The Kier molecular flexibility index (Phi) is 5.85. The van der Waals surface area contributed by atoms with Crippen molar-refractivity contribution in [2.45, 2.75) is 32.4 Å². The molecule has 2 aromatic rings. The number of nitrogens with one attached hydrogen (secondary N) is 1. The monoisotopic (exact) mass is 357 g/mol. The van der Waals surface area contributed by atoms with Crippen molar-refractivity contribution < 1.29 is 14.6 Å². The number of hydrogen-bond acceptors (Lipinski definition) is 5. The molecule has 0 unspecified atom stereocenters. The molecule has 1 aromatic heterocycles. The molecule has 0 atom stereocenters. The van der Waals surface area contributed by atoms with Crippen LogP contribution in [0.2, 0.25) is 0 Å². The Bertz CT molecular complexity index is 836. The maximum absolute atomic E-state index is 11.1. The molecule has 2 rings (SSSR count). The average molecular weight is 357 g/mol. The first-order valence-electron chi connectivity index (χ1n) is 8.13. The minimum Gasteiger partial charge on any atom is -0.465 e. The number of benzene rings is 1. The Morgan fingerprint density at radius 2 is 2.15 bits per heavy atom. The first-order valence-corrected chi connectivity index (χ1v) is 8.13. The van der Waals surface area contributed by atoms with Crippen molar-refractivity contribution in [2.24, 2.45) is 0 Å². The number of nitriles is 1. The predicted octanol–water partition coefficient (Wildman–Crippen LogP) is 2.24. The van der Waals surface area contributed by atoms with Crippen LogP contribution in [0.15, 0.2) is 24.3 Å². The zero-order valence-corrected chi connectivity index (χ0v) is 15.1. The molecule has 0 radical (unpaired) electrons. The van der Waals surface area contributed by atoms with Crippen LogP contribution in [-0.2, 0) is 17.7 Å². The Balaban J connectivity index is 2.62. The summed E-state index contributed by atoms with van der Waals surface area (Å²) in [5.74, 6) is 0. The summed E-state index contributed by atoms with van der Waals surface area (Å²) in [5, 5.41) is 25.6. The predicted molar refractivity (Wildman–Crippen MR) is 97.6 cm³/mol. The quantitative estimate of drug-likeness (QED) is 0.652. The number of nitrogens with zero attached hydrogens (tertiary/aromatic N) is 3. The third kappa shape index (κ3) is 4.32. The van der Waals surface area contributed by atoms with E-state index in [1.165, 1.54) is 0 Å². The molecular weight excluding hydrogens is 334 g/mol. The van der Waals surface area contributed by atoms with Crippen LogP contribution in [0.1, 0.15) is 25.2 Å². The van der Waals surface area contributed by atoms with Crippen LogP contribution in [0.25, 0.3) is 11.1 Å². The molecule has 1 heterocycles. The molecule has 0 saturated heterocycles. The Morgan fingerprint density at radius 3 is 2.73 bits per heavy atom. The third-order valence-corrected chi connectivity index (χ3v) is 3.96. The summed E-state index contributed by atoms with van der Waals surface area (Å²) < 4.78 is 6.82. The van der Waals surface area contributed by atoms with Crippen molar-refractivity contribution in [3.63, 3.8) is 0 Å². The lowest BCUT2D eigenvalue weighted by atomic mass is 9.92. The molecule has 8 heteroatoms. The van der Waals surface area contributed by atoms with E-state index in [4.69, 9.17) is 15.6 Å². The van der Waals surface area contributed by atoms with Crippen molar-refractivity contribution in [1.82, 2.24) is 15.1 Å². The first-order chi connectivity index (χ1) is 12.3. The second kappa shape index (κ2) is 7.89. The number of amides is 1. The fourth-order valence-electron chi connectivity index (χ4n) is 2.88. The number of anilines is 1. The molecule has 0 aliphatic heterocycles. The van der Waals surface area contributed by atoms with Crippen molar-refractivity contribution in [2.75, 3.05) is 19.5 Å². The van der Waals surface area contributed by atoms with E-state index in [0.29, 0.717) is 36.4 Å². The van der Waals surface area contributed by atoms with Crippen LogP contribution in [-0.4, -0.2) is 40.2 Å². The largest absolute Gasteiger partial charge is 0.465 e. The number of aromatic nitrogens is 2. The van der Waals surface area contributed by atoms with E-state index in [1.54, 1.807) is 31.7 Å². The van der Waals surface area contributed by atoms with Gasteiger partial charge in [0.05, 0.1) is 18.8 Å². The summed E-state index contributed by atoms with van der Waals surface area (Å²) in [4.78, 5) is 11.1. The summed E-state index contributed by atoms with van der Waals surface area (Å²) in [6, 6.07) is 9.36. The molecule has 138 valence electrons. The number of methoxy groups -OCH3 is 1. The summed E-state index contributed by atoms with van der Waals surface area (Å²) in [5.41, 5.74) is 8.20. The van der Waals surface area contributed by atoms with E-state index in [1.807, 2.05) is 18.2 Å². The highest BCUT2D eigenvalue weighted by Crippen LogP contribution is 2.33. The topological polar surface area (TPSA) is 126 Å². The van der Waals surface area contributed by atoms with E-state index < -0.39 is 11.6 Å². The van der Waals surface area contributed by atoms with Crippen molar-refractivity contribution in [1.29, 1.82) is 5.26 Å². The molecule has 1 amide bonds. The number of nitrogen functional groups attached to an aromatic ring is 1. The normalized spacial score (nSPS) is 11.2. The lowest BCUT2D eigenvalue weighted by Gasteiger charge is -2.25. The average Bonchev–Trinajstić information content (AvgIpc) is 2.89. The number of nitrogens with two attached hydrogens (primary N) is 1. The molecule has 0 bridgehead atoms. The van der Waals surface area contributed by atoms with Crippen LogP contribution in [0, 0.1) is 11.3 Å². The molecule has 8 nitrogen and oxygen atoms in total. The second-order valence-electron chi connectivity index (χ2n) is 6.58. The maximum atomic E-state index is 11.1. The smallest absolute Gasteiger partial charge is 0.405 e. The van der Waals surface area contributed by atoms with Gasteiger partial charge in [0.15, 0.2) is 5.69 Å². The van der Waals surface area contributed by atoms with Gasteiger partial charge in [-0.2, -0.15) is 10.4 Å². The molecule has 26 heavy (non-hydrogen) atoms. The minimum atomic E-state index is -1.11. The van der Waals surface area contributed by atoms with E-state index in [9.17, 15) is 10.1 Å². The SMILES string of the molecule is COCCn1nc(C#N)c(-c2ccccc2N)c1CC(C)(C)NC(=O)O.